The topological polar surface area (TPSA) is 52.0 Å². The van der Waals surface area contributed by atoms with E-state index >= 15 is 0 Å². The van der Waals surface area contributed by atoms with Crippen molar-refractivity contribution >= 4 is 11.6 Å². The Balaban J connectivity index is 2.11. The summed E-state index contributed by atoms with van der Waals surface area (Å²) in [5, 5.41) is 7.95. The molecule has 102 valence electrons. The third kappa shape index (κ3) is 3.94. The van der Waals surface area contributed by atoms with Crippen molar-refractivity contribution in [3.8, 4) is 11.6 Å². The zero-order valence-corrected chi connectivity index (χ0v) is 12.0. The molecule has 0 aromatic carbocycles. The molecule has 19 heavy (non-hydrogen) atoms. The summed E-state index contributed by atoms with van der Waals surface area (Å²) in [7, 11) is 1.83. The second-order valence-electron chi connectivity index (χ2n) is 4.57. The van der Waals surface area contributed by atoms with Gasteiger partial charge >= 0.3 is 0 Å². The van der Waals surface area contributed by atoms with Crippen LogP contribution in [-0.4, -0.2) is 20.8 Å². The van der Waals surface area contributed by atoms with E-state index in [1.165, 1.54) is 0 Å². The molecule has 0 aliphatic heterocycles. The number of pyridine rings is 1. The molecule has 0 amide bonds. The second-order valence-corrected chi connectivity index (χ2v) is 4.97. The number of hydrogen-bond donors (Lipinski definition) is 1. The Morgan fingerprint density at radius 3 is 2.84 bits per heavy atom. The van der Waals surface area contributed by atoms with Crippen molar-refractivity contribution in [1.29, 1.82) is 0 Å². The van der Waals surface area contributed by atoms with E-state index in [2.05, 4.69) is 29.2 Å². The van der Waals surface area contributed by atoms with E-state index in [9.17, 15) is 0 Å². The van der Waals surface area contributed by atoms with Gasteiger partial charge in [-0.15, -0.1) is 0 Å². The van der Waals surface area contributed by atoms with Gasteiger partial charge in [-0.25, -0.2) is 4.98 Å². The second kappa shape index (κ2) is 6.04. The summed E-state index contributed by atoms with van der Waals surface area (Å²) >= 11 is 6.11. The average molecular weight is 281 g/mol. The van der Waals surface area contributed by atoms with Crippen LogP contribution in [0, 0.1) is 0 Å². The first-order valence-electron chi connectivity index (χ1n) is 6.10. The molecular formula is C13H17ClN4O. The van der Waals surface area contributed by atoms with Gasteiger partial charge in [-0.3, -0.25) is 4.68 Å². The third-order valence-electron chi connectivity index (χ3n) is 2.47. The lowest BCUT2D eigenvalue weighted by Crippen LogP contribution is -2.22. The fourth-order valence-corrected chi connectivity index (χ4v) is 1.69. The van der Waals surface area contributed by atoms with Crippen LogP contribution in [-0.2, 0) is 13.6 Å². The first-order chi connectivity index (χ1) is 9.04. The largest absolute Gasteiger partial charge is 0.436 e. The van der Waals surface area contributed by atoms with Crippen LogP contribution in [0.4, 0.5) is 0 Å². The fourth-order valence-electron chi connectivity index (χ4n) is 1.52. The van der Waals surface area contributed by atoms with Crippen LogP contribution in [0.3, 0.4) is 0 Å². The van der Waals surface area contributed by atoms with Gasteiger partial charge in [-0.2, -0.15) is 5.10 Å². The number of halogens is 1. The Morgan fingerprint density at radius 2 is 2.21 bits per heavy atom. The number of hydrogen-bond acceptors (Lipinski definition) is 4. The van der Waals surface area contributed by atoms with Gasteiger partial charge in [-0.05, 0) is 6.07 Å². The summed E-state index contributed by atoms with van der Waals surface area (Å²) in [6, 6.07) is 3.91. The van der Waals surface area contributed by atoms with E-state index in [0.29, 0.717) is 29.2 Å². The summed E-state index contributed by atoms with van der Waals surface area (Å²) < 4.78 is 7.29. The minimum atomic E-state index is 0.376. The number of aryl methyl sites for hydroxylation is 1. The van der Waals surface area contributed by atoms with Gasteiger partial charge in [0.1, 0.15) is 0 Å². The van der Waals surface area contributed by atoms with Crippen molar-refractivity contribution in [2.24, 2.45) is 7.05 Å². The highest BCUT2D eigenvalue weighted by Crippen LogP contribution is 2.22. The van der Waals surface area contributed by atoms with Crippen LogP contribution in [0.1, 0.15) is 19.5 Å². The number of nitrogens with one attached hydrogen (secondary N) is 1. The molecule has 0 spiro atoms. The average Bonchev–Trinajstić information content (AvgIpc) is 2.75. The molecule has 2 rings (SSSR count). The van der Waals surface area contributed by atoms with Crippen molar-refractivity contribution in [3.63, 3.8) is 0 Å². The van der Waals surface area contributed by atoms with Gasteiger partial charge < -0.3 is 10.1 Å². The molecule has 0 bridgehead atoms. The van der Waals surface area contributed by atoms with Gasteiger partial charge in [-0.1, -0.05) is 25.4 Å². The molecule has 0 radical (unpaired) electrons. The highest BCUT2D eigenvalue weighted by molar-refractivity contribution is 6.31. The molecule has 0 saturated carbocycles. The smallest absolute Gasteiger partial charge is 0.219 e. The Labute approximate surface area is 117 Å². The van der Waals surface area contributed by atoms with Crippen molar-refractivity contribution in [1.82, 2.24) is 20.1 Å². The van der Waals surface area contributed by atoms with E-state index in [1.807, 2.05) is 7.05 Å². The summed E-state index contributed by atoms with van der Waals surface area (Å²) in [6.45, 7) is 4.76. The minimum Gasteiger partial charge on any atom is -0.436 e. The number of aromatic nitrogens is 3. The minimum absolute atomic E-state index is 0.376. The summed E-state index contributed by atoms with van der Waals surface area (Å²) in [4.78, 5) is 4.40. The molecule has 0 saturated heterocycles. The molecule has 2 heterocycles. The Kier molecular flexibility index (Phi) is 4.39. The van der Waals surface area contributed by atoms with Crippen LogP contribution in [0.15, 0.2) is 24.5 Å². The maximum atomic E-state index is 6.11. The fraction of sp³-hybridized carbons (Fsp3) is 0.385. The van der Waals surface area contributed by atoms with Gasteiger partial charge in [0, 0.05) is 25.7 Å². The monoisotopic (exact) mass is 280 g/mol. The molecule has 0 aliphatic carbocycles. The van der Waals surface area contributed by atoms with E-state index in [-0.39, 0.29) is 0 Å². The highest BCUT2D eigenvalue weighted by atomic mass is 35.5. The van der Waals surface area contributed by atoms with Gasteiger partial charge in [0.2, 0.25) is 5.88 Å². The highest BCUT2D eigenvalue weighted by Gasteiger charge is 2.07. The Morgan fingerprint density at radius 1 is 1.42 bits per heavy atom. The predicted octanol–water partition coefficient (Wildman–Crippen LogP) is 2.76. The zero-order chi connectivity index (χ0) is 13.8. The van der Waals surface area contributed by atoms with Crippen molar-refractivity contribution < 1.29 is 4.74 Å². The van der Waals surface area contributed by atoms with Gasteiger partial charge in [0.05, 0.1) is 23.1 Å². The van der Waals surface area contributed by atoms with Crippen molar-refractivity contribution in [2.45, 2.75) is 26.4 Å². The first kappa shape index (κ1) is 13.8. The predicted molar refractivity (Wildman–Crippen MR) is 74.5 cm³/mol. The maximum absolute atomic E-state index is 6.11. The molecule has 2 aromatic rings. The molecule has 6 heteroatoms. The van der Waals surface area contributed by atoms with E-state index in [1.54, 1.807) is 29.2 Å². The lowest BCUT2D eigenvalue weighted by molar-refractivity contribution is 0.458. The molecule has 0 atom stereocenters. The molecule has 2 aromatic heterocycles. The molecule has 0 aliphatic rings. The van der Waals surface area contributed by atoms with Crippen LogP contribution < -0.4 is 10.1 Å². The Hall–Kier alpha value is -1.59. The van der Waals surface area contributed by atoms with E-state index in [0.717, 1.165) is 5.69 Å². The van der Waals surface area contributed by atoms with Crippen LogP contribution >= 0.6 is 11.6 Å². The quantitative estimate of drug-likeness (QED) is 0.915. The SMILES string of the molecule is CC(C)NCc1nc(Oc2cnn(C)c2)ccc1Cl. The normalized spacial score (nSPS) is 11.0. The number of nitrogens with zero attached hydrogens (tertiary/aromatic N) is 3. The standard InChI is InChI=1S/C13H17ClN4O/c1-9(2)15-7-12-11(14)4-5-13(17-12)19-10-6-16-18(3)8-10/h4-6,8-9,15H,7H2,1-3H3. The van der Waals surface area contributed by atoms with Crippen molar-refractivity contribution in [2.75, 3.05) is 0 Å². The van der Waals surface area contributed by atoms with E-state index in [4.69, 9.17) is 16.3 Å². The lowest BCUT2D eigenvalue weighted by Gasteiger charge is -2.10. The summed E-state index contributed by atoms with van der Waals surface area (Å²) in [5.74, 6) is 1.16. The van der Waals surface area contributed by atoms with Gasteiger partial charge in [0.25, 0.3) is 0 Å². The number of ether oxygens (including phenoxy) is 1. The Bertz CT molecular complexity index is 553. The maximum Gasteiger partial charge on any atom is 0.219 e. The molecule has 0 fully saturated rings. The third-order valence-corrected chi connectivity index (χ3v) is 2.82. The van der Waals surface area contributed by atoms with E-state index < -0.39 is 0 Å². The number of rotatable bonds is 5. The van der Waals surface area contributed by atoms with Crippen LogP contribution in [0.2, 0.25) is 5.02 Å². The van der Waals surface area contributed by atoms with Crippen LogP contribution in [0.25, 0.3) is 0 Å². The lowest BCUT2D eigenvalue weighted by atomic mass is 10.3. The van der Waals surface area contributed by atoms with Gasteiger partial charge in [0.15, 0.2) is 5.75 Å². The molecule has 1 N–H and O–H groups in total. The summed E-state index contributed by atoms with van der Waals surface area (Å²) in [6.07, 6.45) is 3.42. The van der Waals surface area contributed by atoms with Crippen molar-refractivity contribution in [3.05, 3.63) is 35.2 Å². The van der Waals surface area contributed by atoms with Crippen LogP contribution in [0.5, 0.6) is 11.6 Å². The first-order valence-corrected chi connectivity index (χ1v) is 6.47. The molecular weight excluding hydrogens is 264 g/mol. The summed E-state index contributed by atoms with van der Waals surface area (Å²) in [5.41, 5.74) is 0.775. The molecule has 5 nitrogen and oxygen atoms in total. The zero-order valence-electron chi connectivity index (χ0n) is 11.2. The molecule has 0 unspecified atom stereocenters.